The highest BCUT2D eigenvalue weighted by atomic mass is 35.5. The van der Waals surface area contributed by atoms with E-state index >= 15 is 0 Å². The van der Waals surface area contributed by atoms with Crippen molar-refractivity contribution in [1.82, 2.24) is 16.3 Å². The first-order chi connectivity index (χ1) is 16.5. The lowest BCUT2D eigenvalue weighted by Gasteiger charge is -2.13. The van der Waals surface area contributed by atoms with Crippen LogP contribution in [0.5, 0.6) is 5.75 Å². The zero-order chi connectivity index (χ0) is 23.9. The minimum atomic E-state index is -0.480. The molecule has 0 aromatic heterocycles. The number of hydrogen-bond donors (Lipinski definition) is 3. The third kappa shape index (κ3) is 5.96. The number of carbonyl (C=O) groups excluding carboxylic acids is 1. The number of nitrogens with zero attached hydrogens (tertiary/aromatic N) is 2. The van der Waals surface area contributed by atoms with Gasteiger partial charge in [0.15, 0.2) is 0 Å². The van der Waals surface area contributed by atoms with Gasteiger partial charge in [-0.1, -0.05) is 41.9 Å². The van der Waals surface area contributed by atoms with Gasteiger partial charge in [-0.05, 0) is 47.9 Å². The Kier molecular flexibility index (Phi) is 7.48. The van der Waals surface area contributed by atoms with Gasteiger partial charge in [0.1, 0.15) is 18.4 Å². The highest BCUT2D eigenvalue weighted by Crippen LogP contribution is 2.26. The number of amides is 1. The van der Waals surface area contributed by atoms with Crippen LogP contribution in [0.2, 0.25) is 5.02 Å². The summed E-state index contributed by atoms with van der Waals surface area (Å²) in [6.45, 7) is 0.358. The number of nitro groups is 1. The van der Waals surface area contributed by atoms with Crippen LogP contribution < -0.4 is 21.0 Å². The fourth-order valence-electron chi connectivity index (χ4n) is 3.47. The average Bonchev–Trinajstić information content (AvgIpc) is 3.35. The molecule has 0 bridgehead atoms. The van der Waals surface area contributed by atoms with Crippen molar-refractivity contribution in [3.05, 3.63) is 105 Å². The molecule has 1 fully saturated rings. The monoisotopic (exact) mass is 479 g/mol. The topological polar surface area (TPSA) is 118 Å². The van der Waals surface area contributed by atoms with Crippen LogP contribution >= 0.6 is 11.6 Å². The van der Waals surface area contributed by atoms with E-state index in [2.05, 4.69) is 21.4 Å². The molecule has 1 aliphatic rings. The Bertz CT molecular complexity index is 1200. The van der Waals surface area contributed by atoms with Gasteiger partial charge in [0.25, 0.3) is 11.6 Å². The standard InChI is InChI=1S/C24H22ClN5O4/c25-21-7-2-1-4-18(21)15-34-20-6-3-5-17(12-20)22-13-23(28-27-22)24(31)29-26-14-16-8-10-19(11-9-16)30(32)33/h1-12,14,22-23,27-28H,13,15H2,(H,29,31)/b26-14+. The van der Waals surface area contributed by atoms with Crippen molar-refractivity contribution in [2.75, 3.05) is 0 Å². The van der Waals surface area contributed by atoms with Gasteiger partial charge in [-0.3, -0.25) is 14.9 Å². The van der Waals surface area contributed by atoms with E-state index in [9.17, 15) is 14.9 Å². The molecule has 9 nitrogen and oxygen atoms in total. The summed E-state index contributed by atoms with van der Waals surface area (Å²) in [5, 5.41) is 15.3. The maximum atomic E-state index is 12.5. The summed E-state index contributed by atoms with van der Waals surface area (Å²) in [5.74, 6) is 0.416. The molecular formula is C24H22ClN5O4. The van der Waals surface area contributed by atoms with E-state index in [1.807, 2.05) is 48.5 Å². The minimum absolute atomic E-state index is 0.00760. The van der Waals surface area contributed by atoms with E-state index in [-0.39, 0.29) is 17.6 Å². The van der Waals surface area contributed by atoms with Crippen molar-refractivity contribution < 1.29 is 14.5 Å². The lowest BCUT2D eigenvalue weighted by molar-refractivity contribution is -0.384. The number of hydrazone groups is 1. The van der Waals surface area contributed by atoms with Crippen LogP contribution in [0.4, 0.5) is 5.69 Å². The van der Waals surface area contributed by atoms with E-state index in [0.29, 0.717) is 29.4 Å². The third-order valence-electron chi connectivity index (χ3n) is 5.32. The van der Waals surface area contributed by atoms with Gasteiger partial charge in [0, 0.05) is 28.8 Å². The van der Waals surface area contributed by atoms with Crippen LogP contribution in [0.1, 0.15) is 29.2 Å². The van der Waals surface area contributed by atoms with Gasteiger partial charge >= 0.3 is 0 Å². The Hall–Kier alpha value is -3.79. The molecule has 3 aromatic rings. The summed E-state index contributed by atoms with van der Waals surface area (Å²) in [4.78, 5) is 22.7. The van der Waals surface area contributed by atoms with Crippen LogP contribution in [-0.2, 0) is 11.4 Å². The number of hydrazine groups is 1. The first-order valence-electron chi connectivity index (χ1n) is 10.5. The summed E-state index contributed by atoms with van der Waals surface area (Å²) in [7, 11) is 0. The summed E-state index contributed by atoms with van der Waals surface area (Å²) in [6.07, 6.45) is 1.95. The molecule has 1 heterocycles. The normalized spacial score (nSPS) is 17.6. The second-order valence-corrected chi connectivity index (χ2v) is 8.07. The Morgan fingerprint density at radius 1 is 1.15 bits per heavy atom. The number of benzene rings is 3. The lowest BCUT2D eigenvalue weighted by atomic mass is 10.0. The molecule has 2 atom stereocenters. The van der Waals surface area contributed by atoms with Crippen molar-refractivity contribution in [3.63, 3.8) is 0 Å². The van der Waals surface area contributed by atoms with E-state index in [1.165, 1.54) is 18.3 Å². The smallest absolute Gasteiger partial charge is 0.269 e. The number of carbonyl (C=O) groups is 1. The molecule has 1 aliphatic heterocycles. The number of non-ortho nitro benzene ring substituents is 1. The zero-order valence-electron chi connectivity index (χ0n) is 18.0. The van der Waals surface area contributed by atoms with E-state index in [4.69, 9.17) is 16.3 Å². The number of hydrogen-bond acceptors (Lipinski definition) is 7. The highest BCUT2D eigenvalue weighted by molar-refractivity contribution is 6.31. The van der Waals surface area contributed by atoms with Crippen LogP contribution in [0, 0.1) is 10.1 Å². The second kappa shape index (κ2) is 10.9. The molecule has 174 valence electrons. The first kappa shape index (κ1) is 23.4. The molecule has 34 heavy (non-hydrogen) atoms. The number of nitrogens with one attached hydrogen (secondary N) is 3. The summed E-state index contributed by atoms with van der Waals surface area (Å²) in [6, 6.07) is 20.5. The van der Waals surface area contributed by atoms with Gasteiger partial charge in [0.2, 0.25) is 0 Å². The molecule has 1 amide bonds. The van der Waals surface area contributed by atoms with Crippen molar-refractivity contribution in [1.29, 1.82) is 0 Å². The Labute approximate surface area is 200 Å². The van der Waals surface area contributed by atoms with Crippen LogP contribution in [0.25, 0.3) is 0 Å². The molecule has 3 N–H and O–H groups in total. The van der Waals surface area contributed by atoms with Crippen LogP contribution in [0.15, 0.2) is 77.9 Å². The number of ether oxygens (including phenoxy) is 1. The maximum Gasteiger partial charge on any atom is 0.269 e. The lowest BCUT2D eigenvalue weighted by Crippen LogP contribution is -2.41. The third-order valence-corrected chi connectivity index (χ3v) is 5.69. The Balaban J connectivity index is 1.29. The summed E-state index contributed by atoms with van der Waals surface area (Å²) >= 11 is 6.19. The number of rotatable bonds is 8. The molecule has 0 aliphatic carbocycles. The highest BCUT2D eigenvalue weighted by Gasteiger charge is 2.30. The molecule has 10 heteroatoms. The fourth-order valence-corrected chi connectivity index (χ4v) is 3.67. The quantitative estimate of drug-likeness (QED) is 0.256. The molecule has 1 saturated heterocycles. The van der Waals surface area contributed by atoms with Crippen LogP contribution in [-0.4, -0.2) is 23.1 Å². The SMILES string of the molecule is O=C(N/N=C/c1ccc([N+](=O)[O-])cc1)C1CC(c2cccc(OCc3ccccc3Cl)c2)NN1. The fraction of sp³-hybridized carbons (Fsp3) is 0.167. The van der Waals surface area contributed by atoms with Crippen molar-refractivity contribution >= 4 is 29.4 Å². The zero-order valence-corrected chi connectivity index (χ0v) is 18.7. The van der Waals surface area contributed by atoms with Gasteiger partial charge in [-0.25, -0.2) is 16.3 Å². The van der Waals surface area contributed by atoms with Crippen molar-refractivity contribution in [3.8, 4) is 5.75 Å². The van der Waals surface area contributed by atoms with Gasteiger partial charge in [-0.15, -0.1) is 0 Å². The summed E-state index contributed by atoms with van der Waals surface area (Å²) < 4.78 is 5.89. The first-order valence-corrected chi connectivity index (χ1v) is 10.9. The average molecular weight is 480 g/mol. The van der Waals surface area contributed by atoms with Gasteiger partial charge in [-0.2, -0.15) is 5.10 Å². The molecule has 4 rings (SSSR count). The second-order valence-electron chi connectivity index (χ2n) is 7.67. The van der Waals surface area contributed by atoms with E-state index in [1.54, 1.807) is 12.1 Å². The minimum Gasteiger partial charge on any atom is -0.489 e. The van der Waals surface area contributed by atoms with Crippen molar-refractivity contribution in [2.45, 2.75) is 25.1 Å². The van der Waals surface area contributed by atoms with E-state index < -0.39 is 11.0 Å². The molecular weight excluding hydrogens is 458 g/mol. The molecule has 2 unspecified atom stereocenters. The van der Waals surface area contributed by atoms with Gasteiger partial charge < -0.3 is 4.74 Å². The number of halogens is 1. The Morgan fingerprint density at radius 2 is 1.94 bits per heavy atom. The maximum absolute atomic E-state index is 12.5. The molecule has 0 spiro atoms. The van der Waals surface area contributed by atoms with Crippen LogP contribution in [0.3, 0.4) is 0 Å². The predicted octanol–water partition coefficient (Wildman–Crippen LogP) is 3.89. The molecule has 0 saturated carbocycles. The predicted molar refractivity (Wildman–Crippen MR) is 128 cm³/mol. The van der Waals surface area contributed by atoms with Crippen molar-refractivity contribution in [2.24, 2.45) is 5.10 Å². The summed E-state index contributed by atoms with van der Waals surface area (Å²) in [5.41, 5.74) is 11.1. The number of nitro benzene ring substituents is 1. The molecule has 0 radical (unpaired) electrons. The molecule has 3 aromatic carbocycles. The van der Waals surface area contributed by atoms with E-state index in [0.717, 1.165) is 11.1 Å². The largest absolute Gasteiger partial charge is 0.489 e. The van der Waals surface area contributed by atoms with Gasteiger partial charge in [0.05, 0.1) is 11.1 Å². The Morgan fingerprint density at radius 3 is 2.71 bits per heavy atom.